The highest BCUT2D eigenvalue weighted by Crippen LogP contribution is 2.41. The SMILES string of the molecule is O=C(O)C(c1cccc2ccccc12)C1(O)CCCCCC1. The van der Waals surface area contributed by atoms with Crippen molar-refractivity contribution >= 4 is 16.7 Å². The van der Waals surface area contributed by atoms with Crippen LogP contribution in [0.4, 0.5) is 0 Å². The van der Waals surface area contributed by atoms with Gasteiger partial charge in [-0.3, -0.25) is 4.79 Å². The van der Waals surface area contributed by atoms with E-state index in [4.69, 9.17) is 0 Å². The molecule has 0 heterocycles. The summed E-state index contributed by atoms with van der Waals surface area (Å²) in [6.07, 6.45) is 5.06. The molecule has 3 heteroatoms. The van der Waals surface area contributed by atoms with E-state index < -0.39 is 17.5 Å². The predicted molar refractivity (Wildman–Crippen MR) is 87.0 cm³/mol. The fourth-order valence-corrected chi connectivity index (χ4v) is 3.78. The number of benzene rings is 2. The maximum absolute atomic E-state index is 12.0. The average Bonchev–Trinajstić information content (AvgIpc) is 2.72. The molecule has 2 aromatic rings. The fraction of sp³-hybridized carbons (Fsp3) is 0.421. The second-order valence-corrected chi connectivity index (χ2v) is 6.36. The van der Waals surface area contributed by atoms with Crippen LogP contribution in [0.3, 0.4) is 0 Å². The topological polar surface area (TPSA) is 57.5 Å². The normalized spacial score (nSPS) is 19.5. The van der Waals surface area contributed by atoms with E-state index in [0.29, 0.717) is 12.8 Å². The van der Waals surface area contributed by atoms with E-state index in [-0.39, 0.29) is 0 Å². The van der Waals surface area contributed by atoms with Gasteiger partial charge in [0, 0.05) is 0 Å². The number of fused-ring (bicyclic) bond motifs is 1. The number of aliphatic carboxylic acids is 1. The number of hydrogen-bond acceptors (Lipinski definition) is 2. The summed E-state index contributed by atoms with van der Waals surface area (Å²) in [6.45, 7) is 0. The maximum atomic E-state index is 12.0. The molecule has 0 aliphatic heterocycles. The minimum Gasteiger partial charge on any atom is -0.481 e. The van der Waals surface area contributed by atoms with Crippen LogP contribution >= 0.6 is 0 Å². The summed E-state index contributed by atoms with van der Waals surface area (Å²) in [7, 11) is 0. The van der Waals surface area contributed by atoms with Gasteiger partial charge in [0.1, 0.15) is 5.92 Å². The lowest BCUT2D eigenvalue weighted by Crippen LogP contribution is -2.40. The number of carbonyl (C=O) groups is 1. The Labute approximate surface area is 130 Å². The molecule has 1 unspecified atom stereocenters. The molecule has 2 N–H and O–H groups in total. The molecule has 1 fully saturated rings. The number of hydrogen-bond donors (Lipinski definition) is 2. The lowest BCUT2D eigenvalue weighted by atomic mass is 9.76. The summed E-state index contributed by atoms with van der Waals surface area (Å²) in [5, 5.41) is 22.9. The third-order valence-corrected chi connectivity index (χ3v) is 4.89. The lowest BCUT2D eigenvalue weighted by molar-refractivity contribution is -0.146. The van der Waals surface area contributed by atoms with Crippen molar-refractivity contribution in [3.63, 3.8) is 0 Å². The molecule has 1 saturated carbocycles. The van der Waals surface area contributed by atoms with Gasteiger partial charge in [-0.15, -0.1) is 0 Å². The van der Waals surface area contributed by atoms with Crippen molar-refractivity contribution in [3.05, 3.63) is 48.0 Å². The molecule has 0 bridgehead atoms. The van der Waals surface area contributed by atoms with Gasteiger partial charge in [0.2, 0.25) is 0 Å². The third kappa shape index (κ3) is 2.73. The summed E-state index contributed by atoms with van der Waals surface area (Å²) in [5.41, 5.74) is -0.415. The van der Waals surface area contributed by atoms with Crippen molar-refractivity contribution in [2.45, 2.75) is 50.0 Å². The van der Waals surface area contributed by atoms with Crippen LogP contribution in [-0.2, 0) is 4.79 Å². The van der Waals surface area contributed by atoms with Gasteiger partial charge >= 0.3 is 5.97 Å². The van der Waals surface area contributed by atoms with Crippen LogP contribution < -0.4 is 0 Å². The van der Waals surface area contributed by atoms with Crippen LogP contribution in [0.2, 0.25) is 0 Å². The molecule has 1 aliphatic rings. The number of aliphatic hydroxyl groups is 1. The second-order valence-electron chi connectivity index (χ2n) is 6.36. The van der Waals surface area contributed by atoms with E-state index in [1.54, 1.807) is 0 Å². The molecule has 1 aliphatic carbocycles. The van der Waals surface area contributed by atoms with E-state index in [1.165, 1.54) is 0 Å². The van der Waals surface area contributed by atoms with Gasteiger partial charge in [-0.1, -0.05) is 68.1 Å². The minimum atomic E-state index is -1.15. The third-order valence-electron chi connectivity index (χ3n) is 4.89. The maximum Gasteiger partial charge on any atom is 0.313 e. The van der Waals surface area contributed by atoms with Crippen LogP contribution in [0.1, 0.15) is 50.0 Å². The van der Waals surface area contributed by atoms with Gasteiger partial charge in [0.05, 0.1) is 5.60 Å². The molecule has 3 rings (SSSR count). The molecule has 0 aromatic heterocycles. The Hall–Kier alpha value is -1.87. The van der Waals surface area contributed by atoms with Crippen LogP contribution in [0.25, 0.3) is 10.8 Å². The monoisotopic (exact) mass is 298 g/mol. The molecular formula is C19H22O3. The molecule has 0 saturated heterocycles. The van der Waals surface area contributed by atoms with Crippen molar-refractivity contribution < 1.29 is 15.0 Å². The van der Waals surface area contributed by atoms with Gasteiger partial charge in [-0.2, -0.15) is 0 Å². The first-order valence-electron chi connectivity index (χ1n) is 8.05. The van der Waals surface area contributed by atoms with E-state index >= 15 is 0 Å². The Balaban J connectivity index is 2.12. The molecule has 3 nitrogen and oxygen atoms in total. The Morgan fingerprint density at radius 3 is 2.27 bits per heavy atom. The standard InChI is InChI=1S/C19H22O3/c20-18(21)17(19(22)12-5-1-2-6-13-19)16-11-7-9-14-8-3-4-10-15(14)16/h3-4,7-11,17,22H,1-2,5-6,12-13H2,(H,20,21). The van der Waals surface area contributed by atoms with E-state index in [9.17, 15) is 15.0 Å². The van der Waals surface area contributed by atoms with Crippen molar-refractivity contribution in [2.24, 2.45) is 0 Å². The zero-order chi connectivity index (χ0) is 15.6. The van der Waals surface area contributed by atoms with Crippen molar-refractivity contribution in [2.75, 3.05) is 0 Å². The molecule has 0 spiro atoms. The highest BCUT2D eigenvalue weighted by Gasteiger charge is 2.43. The van der Waals surface area contributed by atoms with Crippen LogP contribution in [0.5, 0.6) is 0 Å². The van der Waals surface area contributed by atoms with Crippen LogP contribution in [0, 0.1) is 0 Å². The Kier molecular flexibility index (Phi) is 4.16. The van der Waals surface area contributed by atoms with Crippen LogP contribution in [-0.4, -0.2) is 21.8 Å². The van der Waals surface area contributed by atoms with E-state index in [2.05, 4.69) is 0 Å². The quantitative estimate of drug-likeness (QED) is 0.839. The predicted octanol–water partition coefficient (Wildman–Crippen LogP) is 4.09. The molecular weight excluding hydrogens is 276 g/mol. The van der Waals surface area contributed by atoms with Crippen molar-refractivity contribution in [3.8, 4) is 0 Å². The zero-order valence-electron chi connectivity index (χ0n) is 12.7. The van der Waals surface area contributed by atoms with Crippen molar-refractivity contribution in [1.82, 2.24) is 0 Å². The van der Waals surface area contributed by atoms with E-state index in [0.717, 1.165) is 42.0 Å². The Morgan fingerprint density at radius 2 is 1.59 bits per heavy atom. The summed E-state index contributed by atoms with van der Waals surface area (Å²) < 4.78 is 0. The summed E-state index contributed by atoms with van der Waals surface area (Å²) in [4.78, 5) is 12.0. The highest BCUT2D eigenvalue weighted by atomic mass is 16.4. The zero-order valence-corrected chi connectivity index (χ0v) is 12.7. The molecule has 1 atom stereocenters. The fourth-order valence-electron chi connectivity index (χ4n) is 3.78. The molecule has 0 radical (unpaired) electrons. The van der Waals surface area contributed by atoms with Gasteiger partial charge < -0.3 is 10.2 Å². The summed E-state index contributed by atoms with van der Waals surface area (Å²) >= 11 is 0. The second kappa shape index (κ2) is 6.09. The van der Waals surface area contributed by atoms with Gasteiger partial charge in [-0.05, 0) is 29.2 Å². The van der Waals surface area contributed by atoms with Gasteiger partial charge in [-0.25, -0.2) is 0 Å². The summed E-state index contributed by atoms with van der Waals surface area (Å²) in [5.74, 6) is -1.79. The average molecular weight is 298 g/mol. The highest BCUT2D eigenvalue weighted by molar-refractivity contribution is 5.91. The smallest absolute Gasteiger partial charge is 0.313 e. The molecule has 2 aromatic carbocycles. The molecule has 0 amide bonds. The first-order chi connectivity index (χ1) is 10.6. The minimum absolute atomic E-state index is 0.563. The number of carboxylic acids is 1. The van der Waals surface area contributed by atoms with Crippen molar-refractivity contribution in [1.29, 1.82) is 0 Å². The summed E-state index contributed by atoms with van der Waals surface area (Å²) in [6, 6.07) is 13.5. The first kappa shape index (κ1) is 15.0. The van der Waals surface area contributed by atoms with E-state index in [1.807, 2.05) is 42.5 Å². The van der Waals surface area contributed by atoms with Gasteiger partial charge in [0.25, 0.3) is 0 Å². The van der Waals surface area contributed by atoms with Crippen LogP contribution in [0.15, 0.2) is 42.5 Å². The first-order valence-corrected chi connectivity index (χ1v) is 8.05. The molecule has 22 heavy (non-hydrogen) atoms. The number of rotatable bonds is 3. The van der Waals surface area contributed by atoms with Gasteiger partial charge in [0.15, 0.2) is 0 Å². The Morgan fingerprint density at radius 1 is 0.955 bits per heavy atom. The number of carboxylic acid groups (broad SMARTS) is 1. The lowest BCUT2D eigenvalue weighted by Gasteiger charge is -2.33. The Bertz CT molecular complexity index is 664. The largest absolute Gasteiger partial charge is 0.481 e. The molecule has 116 valence electrons.